The van der Waals surface area contributed by atoms with Gasteiger partial charge in [0.1, 0.15) is 11.3 Å². The Kier molecular flexibility index (Phi) is 5.47. The fraction of sp³-hybridized carbons (Fsp3) is 0.615. The lowest BCUT2D eigenvalue weighted by molar-refractivity contribution is 0.0500. The fourth-order valence-electron chi connectivity index (χ4n) is 1.45. The van der Waals surface area contributed by atoms with E-state index in [1.54, 1.807) is 31.7 Å². The van der Waals surface area contributed by atoms with E-state index in [0.717, 1.165) is 0 Å². The molecule has 6 heteroatoms. The molecule has 0 aromatic carbocycles. The van der Waals surface area contributed by atoms with Gasteiger partial charge in [-0.25, -0.2) is 9.78 Å². The standard InChI is InChI=1S/C13H20N2O3S/c1-5-9(15-12(17)18-13(2,3)4)6-11(16)10-7-19-8-14-10/h7-9H,5-6H2,1-4H3,(H,15,17). The molecule has 0 spiro atoms. The van der Waals surface area contributed by atoms with Gasteiger partial charge in [-0.1, -0.05) is 6.92 Å². The van der Waals surface area contributed by atoms with Gasteiger partial charge in [0.2, 0.25) is 0 Å². The smallest absolute Gasteiger partial charge is 0.407 e. The number of nitrogens with one attached hydrogen (secondary N) is 1. The highest BCUT2D eigenvalue weighted by Gasteiger charge is 2.21. The number of alkyl carbamates (subject to hydrolysis) is 1. The van der Waals surface area contributed by atoms with Crippen molar-refractivity contribution in [2.45, 2.75) is 52.2 Å². The molecule has 1 N–H and O–H groups in total. The molecule has 1 rings (SSSR count). The molecule has 1 aromatic heterocycles. The monoisotopic (exact) mass is 284 g/mol. The van der Waals surface area contributed by atoms with Gasteiger partial charge in [0, 0.05) is 17.8 Å². The Hall–Kier alpha value is -1.43. The number of aromatic nitrogens is 1. The maximum atomic E-state index is 11.9. The zero-order valence-electron chi connectivity index (χ0n) is 11.7. The van der Waals surface area contributed by atoms with Crippen molar-refractivity contribution in [1.82, 2.24) is 10.3 Å². The summed E-state index contributed by atoms with van der Waals surface area (Å²) in [6.45, 7) is 7.31. The molecule has 0 saturated heterocycles. The Labute approximate surface area is 117 Å². The van der Waals surface area contributed by atoms with Crippen LogP contribution in [-0.2, 0) is 4.74 Å². The summed E-state index contributed by atoms with van der Waals surface area (Å²) in [5, 5.41) is 4.42. The molecule has 0 saturated carbocycles. The van der Waals surface area contributed by atoms with E-state index in [9.17, 15) is 9.59 Å². The summed E-state index contributed by atoms with van der Waals surface area (Å²) in [6.07, 6.45) is 0.402. The molecular weight excluding hydrogens is 264 g/mol. The Morgan fingerprint density at radius 1 is 1.47 bits per heavy atom. The molecule has 0 bridgehead atoms. The molecule has 106 valence electrons. The molecule has 1 unspecified atom stereocenters. The molecule has 0 fully saturated rings. The van der Waals surface area contributed by atoms with Gasteiger partial charge >= 0.3 is 6.09 Å². The van der Waals surface area contributed by atoms with E-state index in [-0.39, 0.29) is 18.2 Å². The third-order valence-corrected chi connectivity index (χ3v) is 2.95. The summed E-state index contributed by atoms with van der Waals surface area (Å²) < 4.78 is 5.17. The molecule has 1 heterocycles. The summed E-state index contributed by atoms with van der Waals surface area (Å²) in [5.41, 5.74) is 1.53. The average Bonchev–Trinajstić information content (AvgIpc) is 2.78. The van der Waals surface area contributed by atoms with Crippen molar-refractivity contribution in [2.75, 3.05) is 0 Å². The lowest BCUT2D eigenvalue weighted by Gasteiger charge is -2.22. The molecular formula is C13H20N2O3S. The van der Waals surface area contributed by atoms with Crippen molar-refractivity contribution < 1.29 is 14.3 Å². The van der Waals surface area contributed by atoms with E-state index in [4.69, 9.17) is 4.74 Å². The van der Waals surface area contributed by atoms with E-state index in [1.807, 2.05) is 6.92 Å². The number of nitrogens with zero attached hydrogens (tertiary/aromatic N) is 1. The van der Waals surface area contributed by atoms with Crippen molar-refractivity contribution in [3.05, 3.63) is 16.6 Å². The van der Waals surface area contributed by atoms with Gasteiger partial charge in [0.25, 0.3) is 0 Å². The van der Waals surface area contributed by atoms with Crippen LogP contribution in [0.25, 0.3) is 0 Å². The molecule has 1 atom stereocenters. The number of carbonyl (C=O) groups is 2. The van der Waals surface area contributed by atoms with Gasteiger partial charge in [-0.05, 0) is 27.2 Å². The number of hydrogen-bond acceptors (Lipinski definition) is 5. The first-order valence-electron chi connectivity index (χ1n) is 6.22. The van der Waals surface area contributed by atoms with Crippen LogP contribution in [0.2, 0.25) is 0 Å². The summed E-state index contributed by atoms with van der Waals surface area (Å²) >= 11 is 1.38. The predicted octanol–water partition coefficient (Wildman–Crippen LogP) is 3.02. The minimum atomic E-state index is -0.540. The quantitative estimate of drug-likeness (QED) is 0.844. The second-order valence-corrected chi connectivity index (χ2v) is 5.97. The van der Waals surface area contributed by atoms with Crippen LogP contribution >= 0.6 is 11.3 Å². The Balaban J connectivity index is 2.50. The zero-order chi connectivity index (χ0) is 14.5. The molecule has 0 radical (unpaired) electrons. The first kappa shape index (κ1) is 15.6. The van der Waals surface area contributed by atoms with Crippen molar-refractivity contribution in [3.63, 3.8) is 0 Å². The summed E-state index contributed by atoms with van der Waals surface area (Å²) in [6, 6.07) is -0.232. The van der Waals surface area contributed by atoms with Crippen LogP contribution in [0.15, 0.2) is 10.9 Å². The van der Waals surface area contributed by atoms with E-state index >= 15 is 0 Å². The second-order valence-electron chi connectivity index (χ2n) is 5.25. The molecule has 0 aliphatic heterocycles. The number of rotatable bonds is 5. The third-order valence-electron chi connectivity index (χ3n) is 2.36. The van der Waals surface area contributed by atoms with E-state index in [0.29, 0.717) is 12.1 Å². The number of carbonyl (C=O) groups excluding carboxylic acids is 2. The third kappa shape index (κ3) is 5.83. The normalized spacial score (nSPS) is 12.8. The fourth-order valence-corrected chi connectivity index (χ4v) is 2.01. The van der Waals surface area contributed by atoms with Crippen LogP contribution in [0.1, 0.15) is 51.0 Å². The van der Waals surface area contributed by atoms with E-state index < -0.39 is 11.7 Å². The van der Waals surface area contributed by atoms with Crippen molar-refractivity contribution in [2.24, 2.45) is 0 Å². The Bertz CT molecular complexity index is 424. The number of hydrogen-bond donors (Lipinski definition) is 1. The number of Topliss-reactive ketones (excluding diaryl/α,β-unsaturated/α-hetero) is 1. The van der Waals surface area contributed by atoms with Crippen molar-refractivity contribution in [1.29, 1.82) is 0 Å². The van der Waals surface area contributed by atoms with Crippen LogP contribution in [-0.4, -0.2) is 28.5 Å². The molecule has 1 aromatic rings. The van der Waals surface area contributed by atoms with Gasteiger partial charge < -0.3 is 10.1 Å². The zero-order valence-corrected chi connectivity index (χ0v) is 12.5. The molecule has 1 amide bonds. The number of thiazole rings is 1. The number of ketones is 1. The van der Waals surface area contributed by atoms with Gasteiger partial charge in [0.15, 0.2) is 5.78 Å². The largest absolute Gasteiger partial charge is 0.444 e. The molecule has 0 aliphatic rings. The highest BCUT2D eigenvalue weighted by Crippen LogP contribution is 2.10. The first-order chi connectivity index (χ1) is 8.81. The molecule has 19 heavy (non-hydrogen) atoms. The first-order valence-corrected chi connectivity index (χ1v) is 7.17. The Morgan fingerprint density at radius 3 is 2.63 bits per heavy atom. The maximum absolute atomic E-state index is 11.9. The summed E-state index contributed by atoms with van der Waals surface area (Å²) in [7, 11) is 0. The molecule has 0 aliphatic carbocycles. The molecule has 5 nitrogen and oxygen atoms in total. The van der Waals surface area contributed by atoms with Crippen LogP contribution in [0.5, 0.6) is 0 Å². The van der Waals surface area contributed by atoms with Crippen LogP contribution in [0, 0.1) is 0 Å². The van der Waals surface area contributed by atoms with E-state index in [2.05, 4.69) is 10.3 Å². The van der Waals surface area contributed by atoms with Gasteiger partial charge in [-0.2, -0.15) is 0 Å². The SMILES string of the molecule is CCC(CC(=O)c1cscn1)NC(=O)OC(C)(C)C. The lowest BCUT2D eigenvalue weighted by Crippen LogP contribution is -2.39. The summed E-state index contributed by atoms with van der Waals surface area (Å²) in [4.78, 5) is 27.5. The minimum Gasteiger partial charge on any atom is -0.444 e. The van der Waals surface area contributed by atoms with Crippen LogP contribution in [0.4, 0.5) is 4.79 Å². The van der Waals surface area contributed by atoms with Crippen LogP contribution in [0.3, 0.4) is 0 Å². The van der Waals surface area contributed by atoms with Crippen molar-refractivity contribution in [3.8, 4) is 0 Å². The Morgan fingerprint density at radius 2 is 2.16 bits per heavy atom. The highest BCUT2D eigenvalue weighted by atomic mass is 32.1. The summed E-state index contributed by atoms with van der Waals surface area (Å²) in [5.74, 6) is -0.0656. The second kappa shape index (κ2) is 6.65. The predicted molar refractivity (Wildman–Crippen MR) is 74.5 cm³/mol. The average molecular weight is 284 g/mol. The van der Waals surface area contributed by atoms with Gasteiger partial charge in [-0.3, -0.25) is 4.79 Å². The van der Waals surface area contributed by atoms with Crippen molar-refractivity contribution >= 4 is 23.2 Å². The van der Waals surface area contributed by atoms with Gasteiger partial charge in [-0.15, -0.1) is 11.3 Å². The lowest BCUT2D eigenvalue weighted by atomic mass is 10.1. The number of amides is 1. The van der Waals surface area contributed by atoms with E-state index in [1.165, 1.54) is 11.3 Å². The number of ether oxygens (including phenoxy) is 1. The highest BCUT2D eigenvalue weighted by molar-refractivity contribution is 7.07. The maximum Gasteiger partial charge on any atom is 0.407 e. The topological polar surface area (TPSA) is 68.3 Å². The van der Waals surface area contributed by atoms with Crippen LogP contribution < -0.4 is 5.32 Å². The van der Waals surface area contributed by atoms with Gasteiger partial charge in [0.05, 0.1) is 5.51 Å². The minimum absolute atomic E-state index is 0.0656.